The third-order valence-corrected chi connectivity index (χ3v) is 2.47. The van der Waals surface area contributed by atoms with E-state index in [4.69, 9.17) is 4.74 Å². The summed E-state index contributed by atoms with van der Waals surface area (Å²) in [6, 6.07) is 16.0. The molecule has 2 rings (SSSR count). The molecular weight excluding hydrogens is 208 g/mol. The van der Waals surface area contributed by atoms with Gasteiger partial charge in [0, 0.05) is 5.56 Å². The second-order valence-corrected chi connectivity index (χ2v) is 3.82. The van der Waals surface area contributed by atoms with E-state index >= 15 is 0 Å². The highest BCUT2D eigenvalue weighted by atomic mass is 16.5. The molecule has 84 valence electrons. The summed E-state index contributed by atoms with van der Waals surface area (Å²) in [5.74, 6) is 7.09. The van der Waals surface area contributed by atoms with Crippen LogP contribution in [0.1, 0.15) is 16.7 Å². The van der Waals surface area contributed by atoms with E-state index in [-0.39, 0.29) is 0 Å². The number of aryl methyl sites for hydroxylation is 1. The Labute approximate surface area is 102 Å². The van der Waals surface area contributed by atoms with E-state index in [1.807, 2.05) is 55.5 Å². The van der Waals surface area contributed by atoms with Gasteiger partial charge in [-0.05, 0) is 36.8 Å². The first kappa shape index (κ1) is 11.3. The lowest BCUT2D eigenvalue weighted by Crippen LogP contribution is -1.88. The summed E-state index contributed by atoms with van der Waals surface area (Å²) < 4.78 is 5.31. The van der Waals surface area contributed by atoms with Gasteiger partial charge in [0.15, 0.2) is 0 Å². The zero-order chi connectivity index (χ0) is 12.1. The standard InChI is InChI=1S/C16H14O/c1-13-8-10-15(16(12-13)17-2)11-9-14-6-4-3-5-7-14/h3-8,10,12H,1-2H3. The van der Waals surface area contributed by atoms with Crippen molar-refractivity contribution < 1.29 is 4.74 Å². The molecule has 0 bridgehead atoms. The Morgan fingerprint density at radius 2 is 1.71 bits per heavy atom. The van der Waals surface area contributed by atoms with Gasteiger partial charge in [-0.15, -0.1) is 0 Å². The topological polar surface area (TPSA) is 9.23 Å². The highest BCUT2D eigenvalue weighted by Gasteiger charge is 1.99. The lowest BCUT2D eigenvalue weighted by Gasteiger charge is -2.03. The van der Waals surface area contributed by atoms with Gasteiger partial charge in [-0.1, -0.05) is 36.1 Å². The van der Waals surface area contributed by atoms with Crippen LogP contribution in [0.25, 0.3) is 0 Å². The summed E-state index contributed by atoms with van der Waals surface area (Å²) >= 11 is 0. The predicted molar refractivity (Wildman–Crippen MR) is 70.2 cm³/mol. The fourth-order valence-corrected chi connectivity index (χ4v) is 1.56. The molecule has 0 aliphatic carbocycles. The Kier molecular flexibility index (Phi) is 3.47. The van der Waals surface area contributed by atoms with Crippen LogP contribution in [0.5, 0.6) is 5.75 Å². The maximum Gasteiger partial charge on any atom is 0.134 e. The molecule has 1 nitrogen and oxygen atoms in total. The number of benzene rings is 2. The smallest absolute Gasteiger partial charge is 0.134 e. The molecule has 0 aliphatic rings. The van der Waals surface area contributed by atoms with Crippen LogP contribution in [0.3, 0.4) is 0 Å². The van der Waals surface area contributed by atoms with Crippen molar-refractivity contribution in [2.45, 2.75) is 6.92 Å². The Balaban J connectivity index is 2.34. The molecule has 1 heteroatoms. The van der Waals surface area contributed by atoms with Crippen molar-refractivity contribution >= 4 is 0 Å². The Morgan fingerprint density at radius 1 is 0.941 bits per heavy atom. The van der Waals surface area contributed by atoms with E-state index < -0.39 is 0 Å². The second-order valence-electron chi connectivity index (χ2n) is 3.82. The Morgan fingerprint density at radius 3 is 2.41 bits per heavy atom. The molecule has 0 aromatic heterocycles. The number of rotatable bonds is 1. The monoisotopic (exact) mass is 222 g/mol. The fourth-order valence-electron chi connectivity index (χ4n) is 1.56. The lowest BCUT2D eigenvalue weighted by atomic mass is 10.1. The highest BCUT2D eigenvalue weighted by Crippen LogP contribution is 2.18. The van der Waals surface area contributed by atoms with Gasteiger partial charge >= 0.3 is 0 Å². The van der Waals surface area contributed by atoms with Crippen molar-refractivity contribution in [3.05, 3.63) is 65.2 Å². The summed E-state index contributed by atoms with van der Waals surface area (Å²) in [5.41, 5.74) is 3.10. The summed E-state index contributed by atoms with van der Waals surface area (Å²) in [5, 5.41) is 0. The molecule has 0 atom stereocenters. The SMILES string of the molecule is COc1cc(C)ccc1C#Cc1ccccc1. The summed E-state index contributed by atoms with van der Waals surface area (Å²) in [4.78, 5) is 0. The highest BCUT2D eigenvalue weighted by molar-refractivity contribution is 5.50. The van der Waals surface area contributed by atoms with Crippen LogP contribution < -0.4 is 4.74 Å². The average molecular weight is 222 g/mol. The van der Waals surface area contributed by atoms with Crippen molar-refractivity contribution in [3.63, 3.8) is 0 Å². The molecule has 0 amide bonds. The molecule has 0 unspecified atom stereocenters. The van der Waals surface area contributed by atoms with Crippen molar-refractivity contribution in [1.82, 2.24) is 0 Å². The molecule has 0 aliphatic heterocycles. The summed E-state index contributed by atoms with van der Waals surface area (Å²) in [6.07, 6.45) is 0. The molecule has 0 N–H and O–H groups in total. The van der Waals surface area contributed by atoms with E-state index in [1.54, 1.807) is 7.11 Å². The molecule has 0 heterocycles. The molecular formula is C16H14O. The number of hydrogen-bond acceptors (Lipinski definition) is 1. The number of methoxy groups -OCH3 is 1. The maximum atomic E-state index is 5.31. The van der Waals surface area contributed by atoms with Gasteiger partial charge in [-0.25, -0.2) is 0 Å². The van der Waals surface area contributed by atoms with Gasteiger partial charge in [-0.2, -0.15) is 0 Å². The first-order chi connectivity index (χ1) is 8.29. The maximum absolute atomic E-state index is 5.31. The van der Waals surface area contributed by atoms with E-state index in [0.29, 0.717) is 0 Å². The quantitative estimate of drug-likeness (QED) is 0.672. The van der Waals surface area contributed by atoms with Crippen molar-refractivity contribution in [2.24, 2.45) is 0 Å². The molecule has 0 radical (unpaired) electrons. The van der Waals surface area contributed by atoms with Gasteiger partial charge in [0.05, 0.1) is 12.7 Å². The first-order valence-corrected chi connectivity index (χ1v) is 5.51. The molecule has 0 saturated carbocycles. The minimum Gasteiger partial charge on any atom is -0.495 e. The van der Waals surface area contributed by atoms with Crippen LogP contribution in [0, 0.1) is 18.8 Å². The third-order valence-electron chi connectivity index (χ3n) is 2.47. The first-order valence-electron chi connectivity index (χ1n) is 5.51. The average Bonchev–Trinajstić information content (AvgIpc) is 2.38. The predicted octanol–water partition coefficient (Wildman–Crippen LogP) is 3.40. The van der Waals surface area contributed by atoms with Crippen LogP contribution in [-0.2, 0) is 0 Å². The van der Waals surface area contributed by atoms with E-state index in [2.05, 4.69) is 11.8 Å². The van der Waals surface area contributed by atoms with Crippen LogP contribution >= 0.6 is 0 Å². The number of ether oxygens (including phenoxy) is 1. The lowest BCUT2D eigenvalue weighted by molar-refractivity contribution is 0.413. The van der Waals surface area contributed by atoms with Gasteiger partial charge < -0.3 is 4.74 Å². The molecule has 0 spiro atoms. The summed E-state index contributed by atoms with van der Waals surface area (Å²) in [6.45, 7) is 2.04. The van der Waals surface area contributed by atoms with E-state index in [0.717, 1.165) is 16.9 Å². The van der Waals surface area contributed by atoms with Gasteiger partial charge in [0.2, 0.25) is 0 Å². The zero-order valence-electron chi connectivity index (χ0n) is 10.0. The molecule has 0 saturated heterocycles. The van der Waals surface area contributed by atoms with Crippen molar-refractivity contribution in [3.8, 4) is 17.6 Å². The van der Waals surface area contributed by atoms with Crippen LogP contribution in [0.2, 0.25) is 0 Å². The van der Waals surface area contributed by atoms with Crippen LogP contribution in [0.4, 0.5) is 0 Å². The van der Waals surface area contributed by atoms with Crippen LogP contribution in [0.15, 0.2) is 48.5 Å². The Bertz CT molecular complexity index is 559. The van der Waals surface area contributed by atoms with E-state index in [1.165, 1.54) is 5.56 Å². The van der Waals surface area contributed by atoms with Crippen molar-refractivity contribution in [2.75, 3.05) is 7.11 Å². The number of hydrogen-bond donors (Lipinski definition) is 0. The van der Waals surface area contributed by atoms with E-state index in [9.17, 15) is 0 Å². The summed E-state index contributed by atoms with van der Waals surface area (Å²) in [7, 11) is 1.67. The molecule has 2 aromatic rings. The molecule has 17 heavy (non-hydrogen) atoms. The van der Waals surface area contributed by atoms with Crippen LogP contribution in [-0.4, -0.2) is 7.11 Å². The molecule has 0 fully saturated rings. The Hall–Kier alpha value is -2.20. The fraction of sp³-hybridized carbons (Fsp3) is 0.125. The van der Waals surface area contributed by atoms with Crippen molar-refractivity contribution in [1.29, 1.82) is 0 Å². The normalized spacial score (nSPS) is 9.29. The van der Waals surface area contributed by atoms with Gasteiger partial charge in [0.25, 0.3) is 0 Å². The zero-order valence-corrected chi connectivity index (χ0v) is 10.0. The second kappa shape index (κ2) is 5.23. The minimum absolute atomic E-state index is 0.827. The van der Waals surface area contributed by atoms with Gasteiger partial charge in [-0.3, -0.25) is 0 Å². The third kappa shape index (κ3) is 2.89. The largest absolute Gasteiger partial charge is 0.495 e. The van der Waals surface area contributed by atoms with Gasteiger partial charge in [0.1, 0.15) is 5.75 Å². The molecule has 2 aromatic carbocycles. The minimum atomic E-state index is 0.827.